The van der Waals surface area contributed by atoms with Crippen LogP contribution in [0.5, 0.6) is 0 Å². The van der Waals surface area contributed by atoms with Crippen LogP contribution in [0.2, 0.25) is 10.0 Å². The molecule has 1 fully saturated rings. The number of rotatable bonds is 4. The van der Waals surface area contributed by atoms with E-state index in [-0.39, 0.29) is 25.0 Å². The van der Waals surface area contributed by atoms with Gasteiger partial charge in [-0.05, 0) is 31.0 Å². The Bertz CT molecular complexity index is 551. The van der Waals surface area contributed by atoms with Crippen LogP contribution in [0.3, 0.4) is 0 Å². The van der Waals surface area contributed by atoms with E-state index in [2.05, 4.69) is 5.32 Å². The first kappa shape index (κ1) is 16.1. The molecule has 1 aliphatic rings. The zero-order chi connectivity index (χ0) is 15.4. The predicted octanol–water partition coefficient (Wildman–Crippen LogP) is 1.71. The smallest absolute Gasteiger partial charge is 0.256 e. The van der Waals surface area contributed by atoms with E-state index >= 15 is 0 Å². The maximum Gasteiger partial charge on any atom is 0.256 e. The highest BCUT2D eigenvalue weighted by Gasteiger charge is 2.35. The fraction of sp³-hybridized carbons (Fsp3) is 0.429. The molecule has 1 aromatic carbocycles. The van der Waals surface area contributed by atoms with Crippen LogP contribution in [-0.2, 0) is 4.79 Å². The number of aliphatic hydroxyl groups excluding tert-OH is 1. The van der Waals surface area contributed by atoms with Gasteiger partial charge in [0.05, 0.1) is 17.2 Å². The molecule has 1 heterocycles. The van der Waals surface area contributed by atoms with Gasteiger partial charge in [-0.1, -0.05) is 23.2 Å². The van der Waals surface area contributed by atoms with Crippen LogP contribution in [0.4, 0.5) is 0 Å². The lowest BCUT2D eigenvalue weighted by atomic mass is 10.1. The van der Waals surface area contributed by atoms with Gasteiger partial charge in [0.15, 0.2) is 0 Å². The number of hydrogen-bond donors (Lipinski definition) is 2. The average molecular weight is 331 g/mol. The third-order valence-corrected chi connectivity index (χ3v) is 3.95. The molecule has 1 saturated heterocycles. The highest BCUT2D eigenvalue weighted by atomic mass is 35.5. The van der Waals surface area contributed by atoms with E-state index in [1.807, 2.05) is 0 Å². The second-order valence-corrected chi connectivity index (χ2v) is 5.64. The molecule has 2 rings (SSSR count). The van der Waals surface area contributed by atoms with Crippen LogP contribution in [0.15, 0.2) is 18.2 Å². The third-order valence-electron chi connectivity index (χ3n) is 3.39. The highest BCUT2D eigenvalue weighted by molar-refractivity contribution is 6.35. The van der Waals surface area contributed by atoms with E-state index < -0.39 is 6.04 Å². The van der Waals surface area contributed by atoms with Crippen LogP contribution in [0.25, 0.3) is 0 Å². The van der Waals surface area contributed by atoms with E-state index in [4.69, 9.17) is 28.3 Å². The van der Waals surface area contributed by atoms with E-state index in [1.165, 1.54) is 11.0 Å². The number of aliphatic hydroxyl groups is 1. The van der Waals surface area contributed by atoms with Crippen molar-refractivity contribution in [1.82, 2.24) is 10.2 Å². The van der Waals surface area contributed by atoms with Gasteiger partial charge in [0.2, 0.25) is 5.91 Å². The number of nitrogens with zero attached hydrogens (tertiary/aromatic N) is 1. The molecular weight excluding hydrogens is 315 g/mol. The van der Waals surface area contributed by atoms with Gasteiger partial charge in [-0.15, -0.1) is 0 Å². The summed E-state index contributed by atoms with van der Waals surface area (Å²) >= 11 is 11.9. The Morgan fingerprint density at radius 1 is 1.38 bits per heavy atom. The summed E-state index contributed by atoms with van der Waals surface area (Å²) in [5.74, 6) is -0.558. The Hall–Kier alpha value is -1.30. The van der Waals surface area contributed by atoms with E-state index in [0.717, 1.165) is 6.42 Å². The SMILES string of the molecule is O=C(NCCO)[C@@H]1CCCN1C(=O)c1cc(Cl)ccc1Cl. The Morgan fingerprint density at radius 3 is 2.86 bits per heavy atom. The number of hydrogen-bond acceptors (Lipinski definition) is 3. The van der Waals surface area contributed by atoms with Crippen molar-refractivity contribution in [3.05, 3.63) is 33.8 Å². The molecule has 0 aliphatic carbocycles. The molecule has 1 atom stereocenters. The minimum atomic E-state index is -0.529. The number of nitrogens with one attached hydrogen (secondary N) is 1. The van der Waals surface area contributed by atoms with Crippen LogP contribution in [0, 0.1) is 0 Å². The third kappa shape index (κ3) is 3.67. The average Bonchev–Trinajstić information content (AvgIpc) is 2.96. The van der Waals surface area contributed by atoms with Gasteiger partial charge in [0, 0.05) is 18.1 Å². The van der Waals surface area contributed by atoms with Gasteiger partial charge in [-0.2, -0.15) is 0 Å². The van der Waals surface area contributed by atoms with Crippen molar-refractivity contribution >= 4 is 35.0 Å². The zero-order valence-corrected chi connectivity index (χ0v) is 12.8. The van der Waals surface area contributed by atoms with E-state index in [0.29, 0.717) is 28.6 Å². The normalized spacial score (nSPS) is 17.9. The maximum atomic E-state index is 12.6. The highest BCUT2D eigenvalue weighted by Crippen LogP contribution is 2.26. The van der Waals surface area contributed by atoms with E-state index in [9.17, 15) is 9.59 Å². The lowest BCUT2D eigenvalue weighted by Gasteiger charge is -2.24. The molecule has 2 N–H and O–H groups in total. The second-order valence-electron chi connectivity index (χ2n) is 4.80. The predicted molar refractivity (Wildman–Crippen MR) is 80.6 cm³/mol. The van der Waals surface area contributed by atoms with Gasteiger partial charge in [0.25, 0.3) is 5.91 Å². The van der Waals surface area contributed by atoms with Gasteiger partial charge >= 0.3 is 0 Å². The van der Waals surface area contributed by atoms with Crippen molar-refractivity contribution in [3.8, 4) is 0 Å². The summed E-state index contributed by atoms with van der Waals surface area (Å²) in [4.78, 5) is 26.1. The van der Waals surface area contributed by atoms with Crippen LogP contribution >= 0.6 is 23.2 Å². The molecule has 1 aliphatic heterocycles. The van der Waals surface area contributed by atoms with Crippen molar-refractivity contribution in [2.24, 2.45) is 0 Å². The van der Waals surface area contributed by atoms with Crippen LogP contribution < -0.4 is 5.32 Å². The Kier molecular flexibility index (Phi) is 5.45. The molecule has 0 spiro atoms. The standard InChI is InChI=1S/C14H16Cl2N2O3/c15-9-3-4-11(16)10(8-9)14(21)18-6-1-2-12(18)13(20)17-5-7-19/h3-4,8,12,19H,1-2,5-7H2,(H,17,20)/t12-/m0/s1. The Balaban J connectivity index is 2.17. The minimum Gasteiger partial charge on any atom is -0.395 e. The fourth-order valence-electron chi connectivity index (χ4n) is 2.40. The summed E-state index contributed by atoms with van der Waals surface area (Å²) < 4.78 is 0. The van der Waals surface area contributed by atoms with Crippen molar-refractivity contribution < 1.29 is 14.7 Å². The summed E-state index contributed by atoms with van der Waals surface area (Å²) in [7, 11) is 0. The number of carbonyl (C=O) groups is 2. The summed E-state index contributed by atoms with van der Waals surface area (Å²) in [5.41, 5.74) is 0.297. The van der Waals surface area contributed by atoms with Crippen molar-refractivity contribution in [1.29, 1.82) is 0 Å². The van der Waals surface area contributed by atoms with Crippen molar-refractivity contribution in [3.63, 3.8) is 0 Å². The number of likely N-dealkylation sites (tertiary alicyclic amines) is 1. The lowest BCUT2D eigenvalue weighted by molar-refractivity contribution is -0.125. The number of amides is 2. The molecule has 0 aromatic heterocycles. The molecule has 0 unspecified atom stereocenters. The first-order valence-electron chi connectivity index (χ1n) is 6.69. The summed E-state index contributed by atoms with van der Waals surface area (Å²) in [5, 5.41) is 12.1. The topological polar surface area (TPSA) is 69.6 Å². The number of carbonyl (C=O) groups excluding carboxylic acids is 2. The molecule has 0 bridgehead atoms. The van der Waals surface area contributed by atoms with Crippen LogP contribution in [-0.4, -0.2) is 47.6 Å². The van der Waals surface area contributed by atoms with E-state index in [1.54, 1.807) is 12.1 Å². The van der Waals surface area contributed by atoms with Gasteiger partial charge in [-0.25, -0.2) is 0 Å². The second kappa shape index (κ2) is 7.11. The summed E-state index contributed by atoms with van der Waals surface area (Å²) in [6, 6.07) is 4.15. The molecule has 114 valence electrons. The zero-order valence-electron chi connectivity index (χ0n) is 11.3. The maximum absolute atomic E-state index is 12.6. The first-order valence-corrected chi connectivity index (χ1v) is 7.44. The van der Waals surface area contributed by atoms with Crippen LogP contribution in [0.1, 0.15) is 23.2 Å². The summed E-state index contributed by atoms with van der Waals surface area (Å²) in [6.45, 7) is 0.542. The molecule has 2 amide bonds. The molecule has 7 heteroatoms. The first-order chi connectivity index (χ1) is 10.0. The van der Waals surface area contributed by atoms with Crippen molar-refractivity contribution in [2.45, 2.75) is 18.9 Å². The quantitative estimate of drug-likeness (QED) is 0.882. The molecule has 0 radical (unpaired) electrons. The van der Waals surface area contributed by atoms with Gasteiger partial charge in [-0.3, -0.25) is 9.59 Å². The Labute approximate surface area is 132 Å². The molecular formula is C14H16Cl2N2O3. The van der Waals surface area contributed by atoms with Gasteiger partial charge < -0.3 is 15.3 Å². The number of halogens is 2. The fourth-order valence-corrected chi connectivity index (χ4v) is 2.77. The van der Waals surface area contributed by atoms with Crippen molar-refractivity contribution in [2.75, 3.05) is 19.7 Å². The number of benzene rings is 1. The lowest BCUT2D eigenvalue weighted by Crippen LogP contribution is -2.46. The summed E-state index contributed by atoms with van der Waals surface area (Å²) in [6.07, 6.45) is 1.35. The molecule has 0 saturated carbocycles. The minimum absolute atomic E-state index is 0.132. The largest absolute Gasteiger partial charge is 0.395 e. The molecule has 21 heavy (non-hydrogen) atoms. The molecule has 1 aromatic rings. The van der Waals surface area contributed by atoms with Gasteiger partial charge in [0.1, 0.15) is 6.04 Å². The molecule has 5 nitrogen and oxygen atoms in total. The monoisotopic (exact) mass is 330 g/mol. The Morgan fingerprint density at radius 2 is 2.14 bits per heavy atom.